The van der Waals surface area contributed by atoms with Crippen molar-refractivity contribution in [2.75, 3.05) is 13.2 Å². The molecule has 3 aromatic carbocycles. The van der Waals surface area contributed by atoms with Gasteiger partial charge in [0.1, 0.15) is 18.2 Å². The Morgan fingerprint density at radius 2 is 1.64 bits per heavy atom. The average Bonchev–Trinajstić information content (AvgIpc) is 3.22. The van der Waals surface area contributed by atoms with Crippen molar-refractivity contribution in [3.05, 3.63) is 95.3 Å². The number of carbonyl (C=O) groups is 1. The van der Waals surface area contributed by atoms with Crippen LogP contribution in [0.15, 0.2) is 72.8 Å². The molecule has 188 valence electrons. The maximum absolute atomic E-state index is 12.1. The predicted octanol–water partition coefficient (Wildman–Crippen LogP) is 6.19. The second kappa shape index (κ2) is 12.9. The molecular formula is C31H37N3O2. The number of ether oxygens (including phenoxy) is 1. The lowest BCUT2D eigenvalue weighted by Gasteiger charge is -2.12. The van der Waals surface area contributed by atoms with E-state index in [9.17, 15) is 4.79 Å². The van der Waals surface area contributed by atoms with Crippen LogP contribution in [0, 0.1) is 13.8 Å². The number of nitrogens with one attached hydrogen (secondary N) is 1. The van der Waals surface area contributed by atoms with Crippen LogP contribution in [0.5, 0.6) is 5.75 Å². The molecule has 1 heterocycles. The fourth-order valence-electron chi connectivity index (χ4n) is 4.64. The third-order valence-electron chi connectivity index (χ3n) is 6.40. The smallest absolute Gasteiger partial charge is 0.220 e. The van der Waals surface area contributed by atoms with Crippen molar-refractivity contribution >= 4 is 16.9 Å². The highest BCUT2D eigenvalue weighted by Crippen LogP contribution is 2.19. The molecule has 5 nitrogen and oxygen atoms in total. The topological polar surface area (TPSA) is 56.1 Å². The van der Waals surface area contributed by atoms with Crippen LogP contribution in [-0.4, -0.2) is 28.6 Å². The molecule has 0 fully saturated rings. The highest BCUT2D eigenvalue weighted by atomic mass is 16.5. The third kappa shape index (κ3) is 7.45. The van der Waals surface area contributed by atoms with E-state index >= 15 is 0 Å². The molecular weight excluding hydrogens is 446 g/mol. The Morgan fingerprint density at radius 1 is 0.889 bits per heavy atom. The molecule has 0 aliphatic carbocycles. The van der Waals surface area contributed by atoms with E-state index in [1.807, 2.05) is 24.3 Å². The number of imidazole rings is 1. The normalized spacial score (nSPS) is 11.1. The van der Waals surface area contributed by atoms with Crippen LogP contribution < -0.4 is 10.1 Å². The predicted molar refractivity (Wildman–Crippen MR) is 146 cm³/mol. The second-order valence-corrected chi connectivity index (χ2v) is 9.49. The Balaban J connectivity index is 1.22. The number of fused-ring (bicyclic) bond motifs is 1. The van der Waals surface area contributed by atoms with Crippen LogP contribution in [0.2, 0.25) is 0 Å². The summed E-state index contributed by atoms with van der Waals surface area (Å²) in [7, 11) is 0. The number of hydrogen-bond acceptors (Lipinski definition) is 3. The zero-order valence-corrected chi connectivity index (χ0v) is 21.5. The van der Waals surface area contributed by atoms with Crippen molar-refractivity contribution in [3.8, 4) is 5.75 Å². The van der Waals surface area contributed by atoms with Gasteiger partial charge in [0.15, 0.2) is 0 Å². The van der Waals surface area contributed by atoms with E-state index in [0.717, 1.165) is 67.8 Å². The highest BCUT2D eigenvalue weighted by molar-refractivity contribution is 5.76. The summed E-state index contributed by atoms with van der Waals surface area (Å²) in [4.78, 5) is 17.0. The van der Waals surface area contributed by atoms with Crippen LogP contribution in [0.3, 0.4) is 0 Å². The van der Waals surface area contributed by atoms with Gasteiger partial charge in [-0.3, -0.25) is 4.79 Å². The lowest BCUT2D eigenvalue weighted by Crippen LogP contribution is -2.24. The Morgan fingerprint density at radius 3 is 2.44 bits per heavy atom. The molecule has 4 rings (SSSR count). The summed E-state index contributed by atoms with van der Waals surface area (Å²) in [5, 5.41) is 3.06. The van der Waals surface area contributed by atoms with E-state index in [2.05, 4.69) is 72.3 Å². The van der Waals surface area contributed by atoms with Gasteiger partial charge in [0.2, 0.25) is 5.91 Å². The number of aromatic nitrogens is 2. The first-order valence-electron chi connectivity index (χ1n) is 13.0. The van der Waals surface area contributed by atoms with Crippen molar-refractivity contribution in [2.45, 2.75) is 58.9 Å². The first kappa shape index (κ1) is 25.5. The summed E-state index contributed by atoms with van der Waals surface area (Å²) in [5.74, 6) is 2.15. The molecule has 0 aliphatic heterocycles. The molecule has 0 bridgehead atoms. The summed E-state index contributed by atoms with van der Waals surface area (Å²) in [6.45, 7) is 6.29. The van der Waals surface area contributed by atoms with Gasteiger partial charge in [-0.05, 0) is 74.1 Å². The first-order chi connectivity index (χ1) is 17.6. The molecule has 0 radical (unpaired) electrons. The number of aryl methyl sites for hydroxylation is 4. The third-order valence-corrected chi connectivity index (χ3v) is 6.40. The summed E-state index contributed by atoms with van der Waals surface area (Å²) in [5.41, 5.74) is 5.82. The molecule has 1 aromatic heterocycles. The molecule has 0 saturated carbocycles. The van der Waals surface area contributed by atoms with Crippen molar-refractivity contribution < 1.29 is 9.53 Å². The van der Waals surface area contributed by atoms with Gasteiger partial charge in [-0.1, -0.05) is 55.0 Å². The zero-order valence-electron chi connectivity index (χ0n) is 21.5. The van der Waals surface area contributed by atoms with Gasteiger partial charge >= 0.3 is 0 Å². The largest absolute Gasteiger partial charge is 0.492 e. The van der Waals surface area contributed by atoms with E-state index in [0.29, 0.717) is 13.0 Å². The van der Waals surface area contributed by atoms with Crippen LogP contribution >= 0.6 is 0 Å². The monoisotopic (exact) mass is 483 g/mol. The quantitative estimate of drug-likeness (QED) is 0.231. The van der Waals surface area contributed by atoms with E-state index < -0.39 is 0 Å². The number of rotatable bonds is 13. The van der Waals surface area contributed by atoms with Crippen LogP contribution in [0.4, 0.5) is 0 Å². The highest BCUT2D eigenvalue weighted by Gasteiger charge is 2.11. The van der Waals surface area contributed by atoms with Gasteiger partial charge in [-0.2, -0.15) is 0 Å². The maximum atomic E-state index is 12.1. The lowest BCUT2D eigenvalue weighted by molar-refractivity contribution is -0.121. The Hall–Kier alpha value is -3.60. The Bertz CT molecular complexity index is 1240. The first-order valence-corrected chi connectivity index (χ1v) is 13.0. The molecule has 0 unspecified atom stereocenters. The molecule has 0 spiro atoms. The molecule has 0 atom stereocenters. The second-order valence-electron chi connectivity index (χ2n) is 9.49. The fourth-order valence-corrected chi connectivity index (χ4v) is 4.64. The van der Waals surface area contributed by atoms with Gasteiger partial charge in [0.05, 0.1) is 17.6 Å². The minimum absolute atomic E-state index is 0.129. The maximum Gasteiger partial charge on any atom is 0.220 e. The number of para-hydroxylation sites is 2. The molecule has 0 saturated heterocycles. The zero-order chi connectivity index (χ0) is 25.2. The van der Waals surface area contributed by atoms with Gasteiger partial charge in [-0.25, -0.2) is 4.98 Å². The number of amides is 1. The van der Waals surface area contributed by atoms with Crippen molar-refractivity contribution in [1.82, 2.24) is 14.9 Å². The minimum atomic E-state index is 0.129. The molecule has 1 N–H and O–H groups in total. The number of benzene rings is 3. The van der Waals surface area contributed by atoms with Crippen molar-refractivity contribution in [2.24, 2.45) is 0 Å². The number of carbonyl (C=O) groups excluding carboxylic acids is 1. The number of hydrogen-bond donors (Lipinski definition) is 1. The summed E-state index contributed by atoms with van der Waals surface area (Å²) >= 11 is 0. The fraction of sp³-hybridized carbons (Fsp3) is 0.355. The molecule has 36 heavy (non-hydrogen) atoms. The van der Waals surface area contributed by atoms with Gasteiger partial charge < -0.3 is 14.6 Å². The van der Waals surface area contributed by atoms with Gasteiger partial charge in [0, 0.05) is 19.4 Å². The van der Waals surface area contributed by atoms with Gasteiger partial charge in [-0.15, -0.1) is 0 Å². The molecule has 4 aromatic rings. The van der Waals surface area contributed by atoms with Crippen LogP contribution in [0.25, 0.3) is 11.0 Å². The number of unbranched alkanes of at least 4 members (excludes halogenated alkanes) is 2. The lowest BCUT2D eigenvalue weighted by atomic mass is 10.1. The standard InChI is InChI=1S/C31H37N3O2/c1-24-21-25(2)23-27(22-24)36-20-19-34-29-14-9-8-13-28(29)33-30(34)15-7-4-10-18-32-31(35)17-16-26-11-5-3-6-12-26/h3,5-6,8-9,11-14,21-23H,4,7,10,15-20H2,1-2H3,(H,32,35). The molecule has 5 heteroatoms. The summed E-state index contributed by atoms with van der Waals surface area (Å²) < 4.78 is 8.38. The minimum Gasteiger partial charge on any atom is -0.492 e. The number of nitrogens with zero attached hydrogens (tertiary/aromatic N) is 2. The van der Waals surface area contributed by atoms with E-state index in [1.165, 1.54) is 16.7 Å². The van der Waals surface area contributed by atoms with E-state index in [1.54, 1.807) is 0 Å². The van der Waals surface area contributed by atoms with Crippen LogP contribution in [0.1, 0.15) is 48.2 Å². The summed E-state index contributed by atoms with van der Waals surface area (Å²) in [6, 6.07) is 24.8. The average molecular weight is 484 g/mol. The Kier molecular flexibility index (Phi) is 9.15. The van der Waals surface area contributed by atoms with Crippen LogP contribution in [-0.2, 0) is 24.2 Å². The summed E-state index contributed by atoms with van der Waals surface area (Å²) in [6.07, 6.45) is 5.32. The van der Waals surface area contributed by atoms with Gasteiger partial charge in [0.25, 0.3) is 0 Å². The Labute approximate surface area is 214 Å². The molecule has 1 amide bonds. The van der Waals surface area contributed by atoms with Crippen molar-refractivity contribution in [3.63, 3.8) is 0 Å². The van der Waals surface area contributed by atoms with E-state index in [4.69, 9.17) is 9.72 Å². The SMILES string of the molecule is Cc1cc(C)cc(OCCn2c(CCCCCNC(=O)CCc3ccccc3)nc3ccccc32)c1. The molecule has 0 aliphatic rings. The van der Waals surface area contributed by atoms with E-state index in [-0.39, 0.29) is 5.91 Å². The van der Waals surface area contributed by atoms with Crippen molar-refractivity contribution in [1.29, 1.82) is 0 Å².